The van der Waals surface area contributed by atoms with Crippen LogP contribution in [-0.2, 0) is 11.8 Å². The molecule has 0 bridgehead atoms. The van der Waals surface area contributed by atoms with Gasteiger partial charge in [0.05, 0.1) is 25.3 Å². The van der Waals surface area contributed by atoms with E-state index in [0.717, 1.165) is 23.1 Å². The minimum Gasteiger partial charge on any atom is -0.461 e. The molecule has 3 fully saturated rings. The maximum Gasteiger partial charge on any atom is 0.321 e. The molecule has 0 unspecified atom stereocenters. The summed E-state index contributed by atoms with van der Waals surface area (Å²) in [6.07, 6.45) is 1.59. The molecule has 3 atom stereocenters. The second kappa shape index (κ2) is 8.14. The Morgan fingerprint density at radius 1 is 1.32 bits per heavy atom. The molecule has 0 aromatic carbocycles. The van der Waals surface area contributed by atoms with Gasteiger partial charge >= 0.3 is 6.01 Å². The largest absolute Gasteiger partial charge is 0.461 e. The summed E-state index contributed by atoms with van der Waals surface area (Å²) in [4.78, 5) is 13.5. The molecule has 3 aromatic heterocycles. The Bertz CT molecular complexity index is 1250. The molecule has 0 amide bonds. The van der Waals surface area contributed by atoms with E-state index in [0.29, 0.717) is 67.3 Å². The first-order valence-corrected chi connectivity index (χ1v) is 12.7. The molecular formula is C22H28FIN6O4. The number of halogens is 2. The highest BCUT2D eigenvalue weighted by Gasteiger charge is 2.49. The van der Waals surface area contributed by atoms with E-state index in [1.54, 1.807) is 11.6 Å². The van der Waals surface area contributed by atoms with E-state index in [1.807, 2.05) is 11.9 Å². The zero-order chi connectivity index (χ0) is 23.7. The van der Waals surface area contributed by atoms with Crippen molar-refractivity contribution in [2.45, 2.75) is 43.5 Å². The number of hydrogen-bond donors (Lipinski definition) is 1. The van der Waals surface area contributed by atoms with Crippen LogP contribution in [0.25, 0.3) is 22.2 Å². The average molecular weight is 586 g/mol. The van der Waals surface area contributed by atoms with Crippen LogP contribution < -0.4 is 9.64 Å². The molecule has 0 radical (unpaired) electrons. The van der Waals surface area contributed by atoms with Crippen molar-refractivity contribution in [2.24, 2.45) is 7.05 Å². The van der Waals surface area contributed by atoms with Crippen molar-refractivity contribution in [1.29, 1.82) is 0 Å². The van der Waals surface area contributed by atoms with Gasteiger partial charge in [-0.3, -0.25) is 9.58 Å². The number of hydrogen-bond acceptors (Lipinski definition) is 9. The van der Waals surface area contributed by atoms with E-state index in [-0.39, 0.29) is 18.2 Å². The third-order valence-corrected chi connectivity index (χ3v) is 8.38. The van der Waals surface area contributed by atoms with Crippen LogP contribution in [0.3, 0.4) is 0 Å². The summed E-state index contributed by atoms with van der Waals surface area (Å²) in [5, 5.41) is 16.1. The Morgan fingerprint density at radius 3 is 3.03 bits per heavy atom. The van der Waals surface area contributed by atoms with E-state index >= 15 is 0 Å². The van der Waals surface area contributed by atoms with Crippen LogP contribution in [0.15, 0.2) is 4.42 Å². The lowest BCUT2D eigenvalue weighted by atomic mass is 9.95. The summed E-state index contributed by atoms with van der Waals surface area (Å²) in [6, 6.07) is 0.187. The fourth-order valence-electron chi connectivity index (χ4n) is 5.65. The summed E-state index contributed by atoms with van der Waals surface area (Å²) in [7, 11) is 1.86. The highest BCUT2D eigenvalue weighted by molar-refractivity contribution is 14.1. The molecule has 34 heavy (non-hydrogen) atoms. The van der Waals surface area contributed by atoms with E-state index < -0.39 is 11.8 Å². The van der Waals surface area contributed by atoms with Gasteiger partial charge in [-0.05, 0) is 48.9 Å². The number of aryl methyl sites for hydroxylation is 1. The number of aromatic nitrogens is 4. The van der Waals surface area contributed by atoms with Crippen LogP contribution in [0.5, 0.6) is 6.01 Å². The first-order chi connectivity index (χ1) is 16.2. The molecule has 6 heterocycles. The number of β-amino-alcohol motifs (C(OH)–C–C–N with tert-alkyl or cyclic N) is 1. The van der Waals surface area contributed by atoms with Crippen LogP contribution in [0, 0.1) is 3.70 Å². The van der Waals surface area contributed by atoms with Crippen LogP contribution in [0.4, 0.5) is 10.2 Å². The molecule has 12 heteroatoms. The third-order valence-electron chi connectivity index (χ3n) is 7.19. The first kappa shape index (κ1) is 22.7. The van der Waals surface area contributed by atoms with Crippen LogP contribution in [0.2, 0.25) is 0 Å². The third kappa shape index (κ3) is 3.73. The standard InChI is InChI=1S/C22H28FIN6O4/c1-21(31)10-29(6-7-32-11-21)18-14-15-16(17(24)28(2)27-15)34-19(14)26-20(25-18)33-12-22-4-3-5-30(22)9-13(23)8-22/h13,31H,3-12H2,1-2H3/t13-,21+,22+/m1/s1. The molecule has 6 rings (SSSR count). The minimum atomic E-state index is -1.04. The molecule has 1 N–H and O–H groups in total. The molecule has 3 aromatic rings. The predicted molar refractivity (Wildman–Crippen MR) is 131 cm³/mol. The Hall–Kier alpha value is -1.77. The van der Waals surface area contributed by atoms with Gasteiger partial charge in [0.15, 0.2) is 5.58 Å². The van der Waals surface area contributed by atoms with Crippen molar-refractivity contribution in [2.75, 3.05) is 50.9 Å². The fourth-order valence-corrected chi connectivity index (χ4v) is 6.12. The van der Waals surface area contributed by atoms with Crippen molar-refractivity contribution in [3.63, 3.8) is 0 Å². The number of furan rings is 1. The smallest absolute Gasteiger partial charge is 0.321 e. The van der Waals surface area contributed by atoms with E-state index in [1.165, 1.54) is 0 Å². The Labute approximate surface area is 209 Å². The van der Waals surface area contributed by atoms with Gasteiger partial charge in [-0.25, -0.2) is 4.39 Å². The van der Waals surface area contributed by atoms with Crippen molar-refractivity contribution < 1.29 is 23.4 Å². The lowest BCUT2D eigenvalue weighted by molar-refractivity contribution is -0.0123. The Balaban J connectivity index is 1.42. The highest BCUT2D eigenvalue weighted by atomic mass is 127. The van der Waals surface area contributed by atoms with E-state index in [9.17, 15) is 9.50 Å². The van der Waals surface area contributed by atoms with Crippen molar-refractivity contribution in [3.8, 4) is 6.01 Å². The fraction of sp³-hybridized carbons (Fsp3) is 0.682. The average Bonchev–Trinajstić information content (AvgIpc) is 3.45. The van der Waals surface area contributed by atoms with Gasteiger partial charge in [0.1, 0.15) is 38.8 Å². The molecule has 3 aliphatic heterocycles. The van der Waals surface area contributed by atoms with Gasteiger partial charge in [0, 0.05) is 26.6 Å². The van der Waals surface area contributed by atoms with Gasteiger partial charge in [-0.1, -0.05) is 0 Å². The number of aliphatic hydroxyl groups is 1. The zero-order valence-electron chi connectivity index (χ0n) is 19.3. The molecule has 3 aliphatic rings. The maximum absolute atomic E-state index is 14.2. The van der Waals surface area contributed by atoms with E-state index in [2.05, 4.69) is 37.6 Å². The molecule has 10 nitrogen and oxygen atoms in total. The van der Waals surface area contributed by atoms with E-state index in [4.69, 9.17) is 18.9 Å². The molecule has 3 saturated heterocycles. The zero-order valence-corrected chi connectivity index (χ0v) is 21.4. The normalized spacial score (nSPS) is 30.4. The predicted octanol–water partition coefficient (Wildman–Crippen LogP) is 2.26. The molecule has 0 aliphatic carbocycles. The van der Waals surface area contributed by atoms with Crippen LogP contribution >= 0.6 is 22.6 Å². The lowest BCUT2D eigenvalue weighted by Gasteiger charge is -2.31. The summed E-state index contributed by atoms with van der Waals surface area (Å²) < 4.78 is 34.7. The quantitative estimate of drug-likeness (QED) is 0.462. The first-order valence-electron chi connectivity index (χ1n) is 11.6. The van der Waals surface area contributed by atoms with Crippen molar-refractivity contribution in [3.05, 3.63) is 3.70 Å². The SMILES string of the molecule is Cn1nc2c(oc3nc(OC[C@@]45CCCN4C[C@H](F)C5)nc(N4CCOC[C@@](C)(O)C4)c32)c1I. The van der Waals surface area contributed by atoms with Gasteiger partial charge in [0.2, 0.25) is 5.71 Å². The number of rotatable bonds is 4. The summed E-state index contributed by atoms with van der Waals surface area (Å²) in [5.41, 5.74) is 0.352. The molecule has 0 saturated carbocycles. The van der Waals surface area contributed by atoms with Gasteiger partial charge < -0.3 is 23.9 Å². The molecule has 184 valence electrons. The minimum absolute atomic E-state index is 0.187. The van der Waals surface area contributed by atoms with Gasteiger partial charge in [-0.15, -0.1) is 0 Å². The number of alkyl halides is 1. The summed E-state index contributed by atoms with van der Waals surface area (Å²) in [5.74, 6) is 0.592. The number of fused-ring (bicyclic) bond motifs is 4. The van der Waals surface area contributed by atoms with Crippen molar-refractivity contribution in [1.82, 2.24) is 24.6 Å². The Morgan fingerprint density at radius 2 is 2.18 bits per heavy atom. The summed E-state index contributed by atoms with van der Waals surface area (Å²) in [6.45, 7) is 5.00. The maximum atomic E-state index is 14.2. The number of ether oxygens (including phenoxy) is 2. The van der Waals surface area contributed by atoms with Gasteiger partial charge in [-0.2, -0.15) is 15.1 Å². The second-order valence-electron chi connectivity index (χ2n) is 10.0. The number of anilines is 1. The second-order valence-corrected chi connectivity index (χ2v) is 11.1. The van der Waals surface area contributed by atoms with Crippen LogP contribution in [-0.4, -0.2) is 93.1 Å². The van der Waals surface area contributed by atoms with Crippen LogP contribution in [0.1, 0.15) is 26.2 Å². The monoisotopic (exact) mass is 586 g/mol. The topological polar surface area (TPSA) is 102 Å². The summed E-state index contributed by atoms with van der Waals surface area (Å²) >= 11 is 2.19. The Kier molecular flexibility index (Phi) is 5.43. The van der Waals surface area contributed by atoms with Gasteiger partial charge in [0.25, 0.3) is 0 Å². The number of nitrogens with zero attached hydrogens (tertiary/aromatic N) is 6. The van der Waals surface area contributed by atoms with Crippen molar-refractivity contribution >= 4 is 50.6 Å². The molecular weight excluding hydrogens is 558 g/mol. The molecule has 0 spiro atoms. The lowest BCUT2D eigenvalue weighted by Crippen LogP contribution is -2.43. The highest BCUT2D eigenvalue weighted by Crippen LogP contribution is 2.41.